The molecule has 10 aromatic carbocycles. The molecule has 3 aromatic heterocycles. The third-order valence-corrected chi connectivity index (χ3v) is 17.9. The fourth-order valence-electron chi connectivity index (χ4n) is 13.1. The van der Waals surface area contributed by atoms with Gasteiger partial charge in [0.1, 0.15) is 0 Å². The standard InChI is InChI=1S/C74H56N4O.Pt/c1-49-41-72(75-47-67(49)54-35-33-52(34-36-54)50-19-6-2-7-20-50)78-68-30-15-14-29-62(68)63-40-38-60(45-71(63)78)79-59-28-18-27-58(44-59)76-48-77(70-32-17-16-31-69(70)76)74-64(53-23-10-4-11-24-53)46-65-61-39-37-56(51-21-8-3-9-22-51)42-57(61)43-66(65)73(74)55-25-12-5-13-26-55;/h3-5,8-18,21-42,44-47,50H,2,6-7,19-20,43H2,1H3;. The van der Waals surface area contributed by atoms with Crippen LogP contribution >= 0.6 is 0 Å². The number of para-hydroxylation sites is 3. The molecule has 0 aliphatic heterocycles. The normalized spacial score (nSPS) is 13.3. The third-order valence-electron chi connectivity index (χ3n) is 16.9. The Kier molecular flexibility index (Phi) is 12.1. The van der Waals surface area contributed by atoms with Crippen molar-refractivity contribution in [2.24, 2.45) is 0 Å². The van der Waals surface area contributed by atoms with Crippen LogP contribution in [-0.2, 0) is 25.8 Å². The minimum absolute atomic E-state index is 0.684. The van der Waals surface area contributed by atoms with Gasteiger partial charge in [-0.25, -0.2) is 0 Å². The van der Waals surface area contributed by atoms with Crippen LogP contribution in [0, 0.1) is 10.7 Å². The summed E-state index contributed by atoms with van der Waals surface area (Å²) < 4.78 is 15.2. The van der Waals surface area contributed by atoms with Crippen molar-refractivity contribution < 1.29 is 24.1 Å². The van der Waals surface area contributed by atoms with Gasteiger partial charge in [-0.2, -0.15) is 0 Å². The molecule has 15 rings (SSSR count). The molecule has 5 nitrogen and oxygen atoms in total. The maximum atomic E-state index is 6.95. The number of hydrogen-bond donors (Lipinski definition) is 0. The monoisotopic (exact) mass is 1210 g/mol. The van der Waals surface area contributed by atoms with Gasteiger partial charge in [0.15, 0.2) is 0 Å². The zero-order valence-corrected chi connectivity index (χ0v) is 46.7. The number of benzene rings is 10. The first-order valence-corrected chi connectivity index (χ1v) is 29.2. The fourth-order valence-corrected chi connectivity index (χ4v) is 14.2. The summed E-state index contributed by atoms with van der Waals surface area (Å²) in [6, 6.07) is 86.1. The summed E-state index contributed by atoms with van der Waals surface area (Å²) in [5.41, 5.74) is 24.1. The molecule has 2 aliphatic carbocycles. The molecule has 388 valence electrons. The molecule has 13 aromatic rings. The van der Waals surface area contributed by atoms with E-state index in [4.69, 9.17) is 9.72 Å². The topological polar surface area (TPSA) is 36.9 Å². The van der Waals surface area contributed by atoms with E-state index in [0.29, 0.717) is 5.92 Å². The van der Waals surface area contributed by atoms with Gasteiger partial charge in [-0.1, -0.05) is 61.7 Å². The molecule has 0 bridgehead atoms. The summed E-state index contributed by atoms with van der Waals surface area (Å²) in [5.74, 6) is 3.07. The number of nitrogens with zero attached hydrogens (tertiary/aromatic N) is 4. The molecule has 0 spiro atoms. The average Bonchev–Trinajstić information content (AvgIpc) is 4.16. The van der Waals surface area contributed by atoms with Crippen molar-refractivity contribution in [3.05, 3.63) is 269 Å². The van der Waals surface area contributed by atoms with Gasteiger partial charge in [0.05, 0.1) is 0 Å². The molecule has 0 N–H and O–H groups in total. The molecule has 0 atom stereocenters. The van der Waals surface area contributed by atoms with Gasteiger partial charge in [-0.05, 0) is 42.4 Å². The Morgan fingerprint density at radius 1 is 0.450 bits per heavy atom. The second kappa shape index (κ2) is 20.1. The van der Waals surface area contributed by atoms with E-state index in [-0.39, 0.29) is 0 Å². The Hall–Kier alpha value is -8.89. The molecule has 1 fully saturated rings. The van der Waals surface area contributed by atoms with E-state index in [9.17, 15) is 0 Å². The van der Waals surface area contributed by atoms with Gasteiger partial charge in [0.2, 0.25) is 0 Å². The van der Waals surface area contributed by atoms with Crippen molar-refractivity contribution in [2.45, 2.75) is 51.4 Å². The summed E-state index contributed by atoms with van der Waals surface area (Å²) in [6.07, 6.45) is 9.53. The average molecular weight is 1210 g/mol. The van der Waals surface area contributed by atoms with E-state index in [2.05, 4.69) is 283 Å². The molecule has 1 saturated carbocycles. The van der Waals surface area contributed by atoms with Crippen molar-refractivity contribution in [3.63, 3.8) is 0 Å². The molecule has 3 heterocycles. The molecule has 6 heteroatoms. The Morgan fingerprint density at radius 2 is 1.09 bits per heavy atom. The molecule has 2 aliphatic rings. The number of imidazole rings is 1. The van der Waals surface area contributed by atoms with Crippen molar-refractivity contribution in [3.8, 4) is 84.3 Å². The quantitative estimate of drug-likeness (QED) is 0.137. The van der Waals surface area contributed by atoms with Gasteiger partial charge in [0.25, 0.3) is 0 Å². The maximum absolute atomic E-state index is 6.95. The van der Waals surface area contributed by atoms with Crippen molar-refractivity contribution in [1.29, 1.82) is 0 Å². The van der Waals surface area contributed by atoms with Crippen molar-refractivity contribution >= 4 is 32.8 Å². The zero-order chi connectivity index (χ0) is 53.3. The van der Waals surface area contributed by atoms with Gasteiger partial charge in [0, 0.05) is 11.8 Å². The first kappa shape index (κ1) is 48.3. The molecule has 80 heavy (non-hydrogen) atoms. The van der Waals surface area contributed by atoms with Crippen LogP contribution in [0.15, 0.2) is 243 Å². The first-order valence-electron chi connectivity index (χ1n) is 28.1. The van der Waals surface area contributed by atoms with E-state index in [1.54, 1.807) is 0 Å². The van der Waals surface area contributed by atoms with E-state index < -0.39 is 0 Å². The van der Waals surface area contributed by atoms with Crippen LogP contribution in [0.4, 0.5) is 0 Å². The summed E-state index contributed by atoms with van der Waals surface area (Å²) in [6.45, 7) is 2.21. The number of aromatic nitrogens is 4. The van der Waals surface area contributed by atoms with Crippen LogP contribution in [0.2, 0.25) is 0 Å². The van der Waals surface area contributed by atoms with Gasteiger partial charge < -0.3 is 0 Å². The second-order valence-corrected chi connectivity index (χ2v) is 22.7. The third kappa shape index (κ3) is 8.34. The molecule has 0 unspecified atom stereocenters. The Labute approximate surface area is 477 Å². The van der Waals surface area contributed by atoms with E-state index in [0.717, 1.165) is 71.9 Å². The smallest absolute Gasteiger partial charge is 0.0581 e. The van der Waals surface area contributed by atoms with Gasteiger partial charge in [-0.3, -0.25) is 0 Å². The molecule has 0 amide bonds. The summed E-state index contributed by atoms with van der Waals surface area (Å²) >= 11 is 2.56. The first-order chi connectivity index (χ1) is 39.5. The van der Waals surface area contributed by atoms with Crippen LogP contribution < -0.4 is 4.74 Å². The number of rotatable bonds is 10. The van der Waals surface area contributed by atoms with Crippen molar-refractivity contribution in [1.82, 2.24) is 18.7 Å². The van der Waals surface area contributed by atoms with Gasteiger partial charge >= 0.3 is 364 Å². The minimum atomic E-state index is 0.684. The minimum Gasteiger partial charge on any atom is -0.0581 e. The van der Waals surface area contributed by atoms with Crippen molar-refractivity contribution in [2.75, 3.05) is 0 Å². The SMILES string of the molecule is Cc1cc(-n2c3ccccc3c3ccc(Oc4cccc(-n5[c](=[Pt])n(-c6c(-c7ccccc7)cc7c(c6-c6ccccc6)Cc6cc(-c8ccccc8)ccc6-7)c6ccccc65)c4)cc32)ncc1-c1ccc(C2CCCCC2)cc1. The molecule has 0 saturated heterocycles. The molecular weight excluding hydrogens is 1160 g/mol. The van der Waals surface area contributed by atoms with Crippen LogP contribution in [0.25, 0.3) is 106 Å². The number of aryl methyl sites for hydroxylation is 1. The number of fused-ring (bicyclic) bond motifs is 7. The van der Waals surface area contributed by atoms with Crippen LogP contribution in [0.3, 0.4) is 0 Å². The van der Waals surface area contributed by atoms with E-state index in [1.165, 1.54) is 110 Å². The van der Waals surface area contributed by atoms with Crippen LogP contribution in [-0.4, -0.2) is 18.7 Å². The summed E-state index contributed by atoms with van der Waals surface area (Å²) in [5, 5.41) is 2.33. The van der Waals surface area contributed by atoms with Gasteiger partial charge in [-0.15, -0.1) is 0 Å². The predicted molar refractivity (Wildman–Crippen MR) is 325 cm³/mol. The summed E-state index contributed by atoms with van der Waals surface area (Å²) in [7, 11) is 0. The van der Waals surface area contributed by atoms with Crippen LogP contribution in [0.5, 0.6) is 11.5 Å². The number of ether oxygens (including phenoxy) is 1. The molecule has 0 radical (unpaired) electrons. The fraction of sp³-hybridized carbons (Fsp3) is 0.108. The number of pyridine rings is 1. The molecular formula is C74H56N4OPt. The Balaban J connectivity index is 0.828. The predicted octanol–water partition coefficient (Wildman–Crippen LogP) is 19.4. The Morgan fingerprint density at radius 3 is 1.84 bits per heavy atom. The van der Waals surface area contributed by atoms with Crippen LogP contribution in [0.1, 0.15) is 60.3 Å². The van der Waals surface area contributed by atoms with E-state index >= 15 is 0 Å². The zero-order valence-electron chi connectivity index (χ0n) is 44.4. The second-order valence-electron chi connectivity index (χ2n) is 21.7. The Bertz CT molecular complexity index is 4590. The number of hydrogen-bond acceptors (Lipinski definition) is 2. The summed E-state index contributed by atoms with van der Waals surface area (Å²) in [4.78, 5) is 5.19. The van der Waals surface area contributed by atoms with E-state index in [1.807, 2.05) is 0 Å².